The van der Waals surface area contributed by atoms with E-state index in [1.54, 1.807) is 12.1 Å². The Morgan fingerprint density at radius 2 is 1.78 bits per heavy atom. The number of carbonyl (C=O) groups is 1. The molecule has 0 spiro atoms. The van der Waals surface area contributed by atoms with Crippen molar-refractivity contribution in [2.24, 2.45) is 0 Å². The number of thioether (sulfide) groups is 1. The first-order valence-corrected chi connectivity index (χ1v) is 8.05. The minimum atomic E-state index is -0.229. The van der Waals surface area contributed by atoms with Crippen LogP contribution in [0, 0.1) is 6.92 Å². The summed E-state index contributed by atoms with van der Waals surface area (Å²) in [6.07, 6.45) is 1.65. The number of carbonyl (C=O) groups excluding carboxylic acids is 1. The van der Waals surface area contributed by atoms with Crippen molar-refractivity contribution in [2.45, 2.75) is 6.92 Å². The number of anilines is 1. The van der Waals surface area contributed by atoms with E-state index in [0.717, 1.165) is 11.3 Å². The largest absolute Gasteiger partial charge is 0.504 e. The maximum Gasteiger partial charge on any atom is 0.270 e. The van der Waals surface area contributed by atoms with Gasteiger partial charge in [0.05, 0.1) is 10.6 Å². The van der Waals surface area contributed by atoms with E-state index >= 15 is 0 Å². The first kappa shape index (κ1) is 15.6. The lowest BCUT2D eigenvalue weighted by Gasteiger charge is -2.14. The van der Waals surface area contributed by atoms with Gasteiger partial charge in [-0.25, -0.2) is 0 Å². The summed E-state index contributed by atoms with van der Waals surface area (Å²) in [5.74, 6) is -0.626. The number of thiocarbonyl (C=S) groups is 1. The van der Waals surface area contributed by atoms with E-state index in [2.05, 4.69) is 0 Å². The molecule has 1 saturated heterocycles. The predicted molar refractivity (Wildman–Crippen MR) is 96.6 cm³/mol. The molecular weight excluding hydrogens is 330 g/mol. The number of nitrogens with zero attached hydrogens (tertiary/aromatic N) is 1. The minimum Gasteiger partial charge on any atom is -0.504 e. The lowest BCUT2D eigenvalue weighted by Crippen LogP contribution is -2.27. The highest BCUT2D eigenvalue weighted by Gasteiger charge is 2.33. The van der Waals surface area contributed by atoms with Crippen molar-refractivity contribution in [1.29, 1.82) is 0 Å². The summed E-state index contributed by atoms with van der Waals surface area (Å²) in [5, 5.41) is 18.9. The summed E-state index contributed by atoms with van der Waals surface area (Å²) in [6, 6.07) is 12.0. The van der Waals surface area contributed by atoms with Crippen LogP contribution in [0.5, 0.6) is 11.5 Å². The standard InChI is InChI=1S/C17H13NO3S2/c1-10-2-5-12(6-3-10)18-16(21)15(23-17(18)22)9-11-4-7-13(19)14(20)8-11/h2-9,19-20H,1H3/b15-9+. The molecule has 0 aromatic heterocycles. The Bertz CT molecular complexity index is 828. The fourth-order valence-corrected chi connectivity index (χ4v) is 3.46. The molecule has 1 amide bonds. The number of benzene rings is 2. The first-order chi connectivity index (χ1) is 11.0. The van der Waals surface area contributed by atoms with Crippen LogP contribution in [-0.4, -0.2) is 20.4 Å². The Kier molecular flexibility index (Phi) is 4.11. The Morgan fingerprint density at radius 3 is 2.43 bits per heavy atom. The molecule has 0 saturated carbocycles. The molecule has 23 heavy (non-hydrogen) atoms. The van der Waals surface area contributed by atoms with Gasteiger partial charge in [0.2, 0.25) is 0 Å². The van der Waals surface area contributed by atoms with Crippen molar-refractivity contribution < 1.29 is 15.0 Å². The quantitative estimate of drug-likeness (QED) is 0.493. The SMILES string of the molecule is Cc1ccc(N2C(=O)/C(=C\c3ccc(O)c(O)c3)SC2=S)cc1. The van der Waals surface area contributed by atoms with Gasteiger partial charge in [0.25, 0.3) is 5.91 Å². The highest BCUT2D eigenvalue weighted by Crippen LogP contribution is 2.36. The first-order valence-electron chi connectivity index (χ1n) is 6.82. The smallest absolute Gasteiger partial charge is 0.270 e. The van der Waals surface area contributed by atoms with Crippen LogP contribution < -0.4 is 4.90 Å². The predicted octanol–water partition coefficient (Wildman–Crippen LogP) is 3.81. The summed E-state index contributed by atoms with van der Waals surface area (Å²) in [6.45, 7) is 1.98. The van der Waals surface area contributed by atoms with Crippen molar-refractivity contribution in [3.8, 4) is 11.5 Å². The molecule has 0 atom stereocenters. The van der Waals surface area contributed by atoms with Crippen LogP contribution in [0.3, 0.4) is 0 Å². The van der Waals surface area contributed by atoms with E-state index in [9.17, 15) is 15.0 Å². The third-order valence-electron chi connectivity index (χ3n) is 3.38. The van der Waals surface area contributed by atoms with Gasteiger partial charge in [0.15, 0.2) is 15.8 Å². The van der Waals surface area contributed by atoms with Crippen LogP contribution >= 0.6 is 24.0 Å². The van der Waals surface area contributed by atoms with E-state index in [1.165, 1.54) is 28.8 Å². The fraction of sp³-hybridized carbons (Fsp3) is 0.0588. The Morgan fingerprint density at radius 1 is 1.09 bits per heavy atom. The van der Waals surface area contributed by atoms with Crippen LogP contribution in [0.15, 0.2) is 47.4 Å². The normalized spacial score (nSPS) is 16.4. The number of hydrogen-bond acceptors (Lipinski definition) is 5. The molecule has 4 nitrogen and oxygen atoms in total. The third-order valence-corrected chi connectivity index (χ3v) is 4.69. The molecule has 2 aromatic rings. The zero-order valence-electron chi connectivity index (χ0n) is 12.2. The van der Waals surface area contributed by atoms with Crippen molar-refractivity contribution >= 4 is 46.0 Å². The Hall–Kier alpha value is -2.31. The average molecular weight is 343 g/mol. The number of phenolic OH excluding ortho intramolecular Hbond substituents is 2. The van der Waals surface area contributed by atoms with E-state index in [0.29, 0.717) is 14.8 Å². The van der Waals surface area contributed by atoms with Gasteiger partial charge < -0.3 is 10.2 Å². The van der Waals surface area contributed by atoms with E-state index in [-0.39, 0.29) is 17.4 Å². The summed E-state index contributed by atoms with van der Waals surface area (Å²) < 4.78 is 0.466. The number of aryl methyl sites for hydroxylation is 1. The molecule has 0 radical (unpaired) electrons. The second kappa shape index (κ2) is 6.06. The number of hydrogen-bond donors (Lipinski definition) is 2. The zero-order chi connectivity index (χ0) is 16.6. The maximum atomic E-state index is 12.6. The fourth-order valence-electron chi connectivity index (χ4n) is 2.17. The Labute approximate surface area is 143 Å². The summed E-state index contributed by atoms with van der Waals surface area (Å²) in [7, 11) is 0. The minimum absolute atomic E-state index is 0.198. The van der Waals surface area contributed by atoms with Crippen LogP contribution in [0.1, 0.15) is 11.1 Å². The van der Waals surface area contributed by atoms with E-state index in [4.69, 9.17) is 12.2 Å². The molecule has 2 aromatic carbocycles. The molecule has 6 heteroatoms. The van der Waals surface area contributed by atoms with Gasteiger partial charge in [-0.15, -0.1) is 0 Å². The summed E-state index contributed by atoms with van der Waals surface area (Å²) in [4.78, 5) is 14.6. The van der Waals surface area contributed by atoms with Crippen molar-refractivity contribution in [1.82, 2.24) is 0 Å². The topological polar surface area (TPSA) is 60.8 Å². The molecule has 0 unspecified atom stereocenters. The van der Waals surface area contributed by atoms with Gasteiger partial charge in [-0.2, -0.15) is 0 Å². The third kappa shape index (κ3) is 3.09. The average Bonchev–Trinajstić information content (AvgIpc) is 2.79. The molecule has 1 aliphatic rings. The van der Waals surface area contributed by atoms with Gasteiger partial charge in [0, 0.05) is 0 Å². The van der Waals surface area contributed by atoms with Crippen LogP contribution in [0.25, 0.3) is 6.08 Å². The maximum absolute atomic E-state index is 12.6. The van der Waals surface area contributed by atoms with Crippen molar-refractivity contribution in [2.75, 3.05) is 4.90 Å². The van der Waals surface area contributed by atoms with E-state index < -0.39 is 0 Å². The Balaban J connectivity index is 1.92. The van der Waals surface area contributed by atoms with Gasteiger partial charge >= 0.3 is 0 Å². The van der Waals surface area contributed by atoms with Gasteiger partial charge in [-0.1, -0.05) is 47.7 Å². The number of phenols is 2. The van der Waals surface area contributed by atoms with Crippen molar-refractivity contribution in [3.05, 3.63) is 58.5 Å². The molecule has 0 bridgehead atoms. The second-order valence-corrected chi connectivity index (χ2v) is 6.78. The monoisotopic (exact) mass is 343 g/mol. The van der Waals surface area contributed by atoms with Gasteiger partial charge in [-0.05, 0) is 42.8 Å². The summed E-state index contributed by atoms with van der Waals surface area (Å²) >= 11 is 6.52. The van der Waals surface area contributed by atoms with Gasteiger partial charge in [0.1, 0.15) is 0 Å². The lowest BCUT2D eigenvalue weighted by molar-refractivity contribution is -0.113. The molecule has 1 aliphatic heterocycles. The highest BCUT2D eigenvalue weighted by molar-refractivity contribution is 8.27. The van der Waals surface area contributed by atoms with E-state index in [1.807, 2.05) is 31.2 Å². The molecule has 0 aliphatic carbocycles. The number of rotatable bonds is 2. The molecule has 3 rings (SSSR count). The van der Waals surface area contributed by atoms with Gasteiger partial charge in [-0.3, -0.25) is 9.69 Å². The summed E-state index contributed by atoms with van der Waals surface area (Å²) in [5.41, 5.74) is 2.45. The van der Waals surface area contributed by atoms with Crippen LogP contribution in [-0.2, 0) is 4.79 Å². The molecule has 1 fully saturated rings. The number of aromatic hydroxyl groups is 2. The second-order valence-electron chi connectivity index (χ2n) is 5.10. The highest BCUT2D eigenvalue weighted by atomic mass is 32.2. The molecule has 1 heterocycles. The molecular formula is C17H13NO3S2. The molecule has 2 N–H and O–H groups in total. The molecule has 116 valence electrons. The number of amides is 1. The zero-order valence-corrected chi connectivity index (χ0v) is 13.8. The lowest BCUT2D eigenvalue weighted by atomic mass is 10.2. The van der Waals surface area contributed by atoms with Crippen LogP contribution in [0.2, 0.25) is 0 Å². The van der Waals surface area contributed by atoms with Crippen molar-refractivity contribution in [3.63, 3.8) is 0 Å². The van der Waals surface area contributed by atoms with Crippen LogP contribution in [0.4, 0.5) is 5.69 Å².